The van der Waals surface area contributed by atoms with Crippen molar-refractivity contribution in [1.29, 1.82) is 0 Å². The summed E-state index contributed by atoms with van der Waals surface area (Å²) in [5, 5.41) is 18.8. The smallest absolute Gasteiger partial charge is 0.339 e. The van der Waals surface area contributed by atoms with Crippen molar-refractivity contribution in [2.24, 2.45) is 0 Å². The van der Waals surface area contributed by atoms with Gasteiger partial charge in [-0.05, 0) is 6.42 Å². The molecule has 2 rings (SSSR count). The summed E-state index contributed by atoms with van der Waals surface area (Å²) in [6.45, 7) is 3.34. The van der Waals surface area contributed by atoms with Crippen LogP contribution in [0.15, 0.2) is 30.3 Å². The van der Waals surface area contributed by atoms with E-state index in [1.54, 1.807) is 44.2 Å². The fourth-order valence-electron chi connectivity index (χ4n) is 2.65. The van der Waals surface area contributed by atoms with Gasteiger partial charge in [0.15, 0.2) is 11.9 Å². The molecule has 0 bridgehead atoms. The third-order valence-corrected chi connectivity index (χ3v) is 3.87. The van der Waals surface area contributed by atoms with Crippen molar-refractivity contribution in [3.05, 3.63) is 35.9 Å². The van der Waals surface area contributed by atoms with Gasteiger partial charge in [-0.1, -0.05) is 44.2 Å². The van der Waals surface area contributed by atoms with Gasteiger partial charge in [-0.15, -0.1) is 0 Å². The summed E-state index contributed by atoms with van der Waals surface area (Å²) in [7, 11) is 0. The Kier molecular flexibility index (Phi) is 4.02. The number of carbonyl (C=O) groups is 2. The van der Waals surface area contributed by atoms with Crippen LogP contribution in [0.3, 0.4) is 0 Å². The Morgan fingerprint density at radius 2 is 1.76 bits per heavy atom. The van der Waals surface area contributed by atoms with E-state index < -0.39 is 29.4 Å². The molecule has 1 aromatic carbocycles. The van der Waals surface area contributed by atoms with Crippen LogP contribution >= 0.6 is 0 Å². The fourth-order valence-corrected chi connectivity index (χ4v) is 2.65. The number of hydrogen-bond acceptors (Lipinski definition) is 4. The number of benzene rings is 1. The molecule has 1 aliphatic heterocycles. The van der Waals surface area contributed by atoms with Crippen LogP contribution in [0.25, 0.3) is 0 Å². The normalized spacial score (nSPS) is 32.0. The van der Waals surface area contributed by atoms with Crippen LogP contribution in [0.2, 0.25) is 0 Å². The minimum atomic E-state index is -1.89. The monoisotopic (exact) mass is 294 g/mol. The first-order valence-electron chi connectivity index (χ1n) is 6.81. The molecule has 1 aromatic rings. The van der Waals surface area contributed by atoms with Crippen molar-refractivity contribution in [2.45, 2.75) is 44.2 Å². The lowest BCUT2D eigenvalue weighted by molar-refractivity contribution is -0.210. The highest BCUT2D eigenvalue weighted by Crippen LogP contribution is 2.47. The van der Waals surface area contributed by atoms with Crippen molar-refractivity contribution in [3.63, 3.8) is 0 Å². The molecule has 0 radical (unpaired) electrons. The molecule has 2 N–H and O–H groups in total. The molecule has 1 unspecified atom stereocenters. The van der Waals surface area contributed by atoms with Crippen molar-refractivity contribution < 1.29 is 29.3 Å². The van der Waals surface area contributed by atoms with Crippen LogP contribution < -0.4 is 0 Å². The van der Waals surface area contributed by atoms with Crippen LogP contribution in [0.4, 0.5) is 0 Å². The zero-order chi connectivity index (χ0) is 15.7. The SMILES string of the molecule is CCC1(c2ccccc2)O[C@H](C(=O)O)[C@@](CC)(C(=O)O)O1. The molecule has 114 valence electrons. The first-order valence-corrected chi connectivity index (χ1v) is 6.81. The number of ether oxygens (including phenoxy) is 2. The van der Waals surface area contributed by atoms with E-state index in [2.05, 4.69) is 0 Å². The minimum Gasteiger partial charge on any atom is -0.479 e. The molecular formula is C15H18O6. The number of aliphatic carboxylic acids is 2. The van der Waals surface area contributed by atoms with Crippen molar-refractivity contribution >= 4 is 11.9 Å². The fraction of sp³-hybridized carbons (Fsp3) is 0.467. The van der Waals surface area contributed by atoms with Gasteiger partial charge in [-0.3, -0.25) is 0 Å². The average molecular weight is 294 g/mol. The van der Waals surface area contributed by atoms with Gasteiger partial charge in [0.05, 0.1) is 0 Å². The summed E-state index contributed by atoms with van der Waals surface area (Å²) in [6.07, 6.45) is -1.26. The van der Waals surface area contributed by atoms with Crippen LogP contribution in [-0.4, -0.2) is 33.9 Å². The van der Waals surface area contributed by atoms with E-state index in [-0.39, 0.29) is 6.42 Å². The van der Waals surface area contributed by atoms with Gasteiger partial charge < -0.3 is 19.7 Å². The predicted octanol–water partition coefficient (Wildman–Crippen LogP) is 1.98. The lowest BCUT2D eigenvalue weighted by Gasteiger charge is -2.29. The summed E-state index contributed by atoms with van der Waals surface area (Å²) in [5.74, 6) is -4.03. The van der Waals surface area contributed by atoms with E-state index in [1.165, 1.54) is 0 Å². The Morgan fingerprint density at radius 3 is 2.14 bits per heavy atom. The molecule has 3 atom stereocenters. The Balaban J connectivity index is 2.53. The largest absolute Gasteiger partial charge is 0.479 e. The molecule has 0 aliphatic carbocycles. The van der Waals surface area contributed by atoms with Crippen LogP contribution in [0.1, 0.15) is 32.3 Å². The standard InChI is InChI=1S/C15H18O6/c1-3-14(13(18)19)11(12(16)17)20-15(4-2,21-14)10-8-6-5-7-9-10/h5-9,11H,3-4H2,1-2H3,(H,16,17)(H,18,19)/t11-,14+,15?/m1/s1. The zero-order valence-electron chi connectivity index (χ0n) is 11.9. The van der Waals surface area contributed by atoms with Crippen LogP contribution in [0.5, 0.6) is 0 Å². The topological polar surface area (TPSA) is 93.1 Å². The summed E-state index contributed by atoms with van der Waals surface area (Å²) in [4.78, 5) is 23.1. The van der Waals surface area contributed by atoms with E-state index >= 15 is 0 Å². The Hall–Kier alpha value is -1.92. The van der Waals surface area contributed by atoms with E-state index in [0.717, 1.165) is 0 Å². The first kappa shape index (κ1) is 15.5. The maximum Gasteiger partial charge on any atom is 0.339 e. The van der Waals surface area contributed by atoms with E-state index in [1.807, 2.05) is 0 Å². The van der Waals surface area contributed by atoms with Gasteiger partial charge in [0.2, 0.25) is 5.60 Å². The Labute approximate surface area is 122 Å². The molecule has 0 saturated carbocycles. The van der Waals surface area contributed by atoms with Crippen molar-refractivity contribution in [3.8, 4) is 0 Å². The first-order chi connectivity index (χ1) is 9.92. The lowest BCUT2D eigenvalue weighted by Crippen LogP contribution is -2.50. The molecular weight excluding hydrogens is 276 g/mol. The number of carboxylic acids is 2. The van der Waals surface area contributed by atoms with Crippen LogP contribution in [0, 0.1) is 0 Å². The summed E-state index contributed by atoms with van der Waals surface area (Å²) in [5.41, 5.74) is -1.28. The summed E-state index contributed by atoms with van der Waals surface area (Å²) >= 11 is 0. The average Bonchev–Trinajstić information content (AvgIpc) is 2.86. The van der Waals surface area contributed by atoms with E-state index in [4.69, 9.17) is 9.47 Å². The van der Waals surface area contributed by atoms with Gasteiger partial charge in [0.25, 0.3) is 0 Å². The van der Waals surface area contributed by atoms with Crippen molar-refractivity contribution in [1.82, 2.24) is 0 Å². The maximum atomic E-state index is 11.6. The van der Waals surface area contributed by atoms with E-state index in [9.17, 15) is 19.8 Å². The van der Waals surface area contributed by atoms with Gasteiger partial charge in [0, 0.05) is 12.0 Å². The molecule has 0 spiro atoms. The van der Waals surface area contributed by atoms with Gasteiger partial charge in [-0.25, -0.2) is 9.59 Å². The Morgan fingerprint density at radius 1 is 1.14 bits per heavy atom. The maximum absolute atomic E-state index is 11.6. The molecule has 1 saturated heterocycles. The van der Waals surface area contributed by atoms with Crippen LogP contribution in [-0.2, 0) is 24.8 Å². The lowest BCUT2D eigenvalue weighted by atomic mass is 9.94. The highest BCUT2D eigenvalue weighted by Gasteiger charge is 2.63. The second-order valence-electron chi connectivity index (χ2n) is 4.96. The summed E-state index contributed by atoms with van der Waals surface area (Å²) in [6, 6.07) is 8.80. The second-order valence-corrected chi connectivity index (χ2v) is 4.96. The highest BCUT2D eigenvalue weighted by atomic mass is 16.8. The molecule has 0 amide bonds. The molecule has 6 nitrogen and oxygen atoms in total. The van der Waals surface area contributed by atoms with Gasteiger partial charge >= 0.3 is 11.9 Å². The number of carboxylic acid groups (broad SMARTS) is 2. The summed E-state index contributed by atoms with van der Waals surface area (Å²) < 4.78 is 11.4. The third-order valence-electron chi connectivity index (χ3n) is 3.87. The zero-order valence-corrected chi connectivity index (χ0v) is 11.9. The molecule has 0 aromatic heterocycles. The second kappa shape index (κ2) is 5.46. The van der Waals surface area contributed by atoms with Gasteiger partial charge in [0.1, 0.15) is 0 Å². The molecule has 1 fully saturated rings. The quantitative estimate of drug-likeness (QED) is 0.862. The molecule has 21 heavy (non-hydrogen) atoms. The van der Waals surface area contributed by atoms with Crippen molar-refractivity contribution in [2.75, 3.05) is 0 Å². The predicted molar refractivity (Wildman–Crippen MR) is 72.7 cm³/mol. The Bertz CT molecular complexity index is 542. The van der Waals surface area contributed by atoms with E-state index in [0.29, 0.717) is 12.0 Å². The highest BCUT2D eigenvalue weighted by molar-refractivity contribution is 5.88. The number of hydrogen-bond donors (Lipinski definition) is 2. The third kappa shape index (κ3) is 2.30. The van der Waals surface area contributed by atoms with Gasteiger partial charge in [-0.2, -0.15) is 0 Å². The minimum absolute atomic E-state index is 0.00607. The molecule has 1 aliphatic rings. The number of rotatable bonds is 5. The molecule has 6 heteroatoms. The molecule has 1 heterocycles.